The molecule has 0 bridgehead atoms. The molecule has 2 aromatic carbocycles. The van der Waals surface area contributed by atoms with Gasteiger partial charge in [-0.25, -0.2) is 0 Å². The molecule has 5 heteroatoms. The SMILES string of the molecule is CC(NCCCCCCOCCCc1ccccc1)C(O)c1ccc(O)c(CO)c1. The van der Waals surface area contributed by atoms with E-state index in [-0.39, 0.29) is 18.4 Å². The summed E-state index contributed by atoms with van der Waals surface area (Å²) in [6, 6.07) is 15.3. The molecule has 2 rings (SSSR count). The summed E-state index contributed by atoms with van der Waals surface area (Å²) < 4.78 is 5.72. The first-order valence-corrected chi connectivity index (χ1v) is 11.1. The Morgan fingerprint density at radius 2 is 1.67 bits per heavy atom. The van der Waals surface area contributed by atoms with Crippen LogP contribution in [-0.4, -0.2) is 41.1 Å². The van der Waals surface area contributed by atoms with E-state index in [0.717, 1.165) is 58.3 Å². The van der Waals surface area contributed by atoms with Gasteiger partial charge in [0.05, 0.1) is 12.7 Å². The summed E-state index contributed by atoms with van der Waals surface area (Å²) in [6.45, 7) is 4.19. The lowest BCUT2D eigenvalue weighted by atomic mass is 10.0. The number of aryl methyl sites for hydroxylation is 1. The molecule has 166 valence electrons. The second-order valence-electron chi connectivity index (χ2n) is 7.85. The van der Waals surface area contributed by atoms with Gasteiger partial charge in [0.25, 0.3) is 0 Å². The number of benzene rings is 2. The van der Waals surface area contributed by atoms with Gasteiger partial charge in [-0.2, -0.15) is 0 Å². The summed E-state index contributed by atoms with van der Waals surface area (Å²) in [4.78, 5) is 0. The minimum Gasteiger partial charge on any atom is -0.508 e. The Kier molecular flexibility index (Phi) is 11.5. The third kappa shape index (κ3) is 8.84. The molecule has 5 nitrogen and oxygen atoms in total. The number of aromatic hydroxyl groups is 1. The predicted octanol–water partition coefficient (Wildman–Crippen LogP) is 4.11. The lowest BCUT2D eigenvalue weighted by molar-refractivity contribution is 0.127. The lowest BCUT2D eigenvalue weighted by Crippen LogP contribution is -2.33. The molecule has 0 fully saturated rings. The van der Waals surface area contributed by atoms with Crippen molar-refractivity contribution in [3.05, 3.63) is 65.2 Å². The van der Waals surface area contributed by atoms with E-state index >= 15 is 0 Å². The minimum absolute atomic E-state index is 0.0502. The van der Waals surface area contributed by atoms with E-state index in [9.17, 15) is 15.3 Å². The number of hydrogen-bond acceptors (Lipinski definition) is 5. The van der Waals surface area contributed by atoms with Crippen LogP contribution in [0, 0.1) is 0 Å². The fraction of sp³-hybridized carbons (Fsp3) is 0.520. The van der Waals surface area contributed by atoms with Crippen LogP contribution in [0.3, 0.4) is 0 Å². The van der Waals surface area contributed by atoms with Gasteiger partial charge in [0.1, 0.15) is 5.75 Å². The van der Waals surface area contributed by atoms with Crippen LogP contribution in [0.1, 0.15) is 61.8 Å². The first-order chi connectivity index (χ1) is 14.6. The van der Waals surface area contributed by atoms with Crippen molar-refractivity contribution in [1.82, 2.24) is 5.32 Å². The zero-order valence-corrected chi connectivity index (χ0v) is 18.1. The molecule has 0 amide bonds. The van der Waals surface area contributed by atoms with Crippen LogP contribution in [0.5, 0.6) is 5.75 Å². The van der Waals surface area contributed by atoms with Crippen molar-refractivity contribution in [2.24, 2.45) is 0 Å². The average Bonchev–Trinajstić information content (AvgIpc) is 2.77. The van der Waals surface area contributed by atoms with Gasteiger partial charge < -0.3 is 25.4 Å². The summed E-state index contributed by atoms with van der Waals surface area (Å²) in [5.74, 6) is 0.0502. The maximum Gasteiger partial charge on any atom is 0.121 e. The highest BCUT2D eigenvalue weighted by molar-refractivity contribution is 5.36. The number of aliphatic hydroxyl groups excluding tert-OH is 2. The zero-order valence-electron chi connectivity index (χ0n) is 18.1. The molecule has 0 saturated carbocycles. The highest BCUT2D eigenvalue weighted by atomic mass is 16.5. The van der Waals surface area contributed by atoms with Gasteiger partial charge in [-0.3, -0.25) is 0 Å². The number of phenols is 1. The Hall–Kier alpha value is -1.92. The summed E-state index contributed by atoms with van der Waals surface area (Å²) in [5.41, 5.74) is 2.49. The molecular weight excluding hydrogens is 378 g/mol. The van der Waals surface area contributed by atoms with Crippen molar-refractivity contribution in [1.29, 1.82) is 0 Å². The number of unbranched alkanes of at least 4 members (excludes halogenated alkanes) is 3. The van der Waals surface area contributed by atoms with E-state index in [0.29, 0.717) is 11.1 Å². The van der Waals surface area contributed by atoms with E-state index < -0.39 is 6.10 Å². The van der Waals surface area contributed by atoms with Crippen LogP contribution in [0.4, 0.5) is 0 Å². The molecule has 2 aromatic rings. The first-order valence-electron chi connectivity index (χ1n) is 11.1. The minimum atomic E-state index is -0.680. The molecule has 0 heterocycles. The van der Waals surface area contributed by atoms with Crippen molar-refractivity contribution >= 4 is 0 Å². The van der Waals surface area contributed by atoms with E-state index in [1.165, 1.54) is 11.6 Å². The summed E-state index contributed by atoms with van der Waals surface area (Å²) in [5, 5.41) is 32.7. The fourth-order valence-electron chi connectivity index (χ4n) is 3.45. The van der Waals surface area contributed by atoms with E-state index in [1.54, 1.807) is 12.1 Å². The zero-order chi connectivity index (χ0) is 21.6. The van der Waals surface area contributed by atoms with E-state index in [1.807, 2.05) is 13.0 Å². The summed E-state index contributed by atoms with van der Waals surface area (Å²) >= 11 is 0. The maximum atomic E-state index is 10.5. The van der Waals surface area contributed by atoms with E-state index in [4.69, 9.17) is 4.74 Å². The second-order valence-corrected chi connectivity index (χ2v) is 7.85. The van der Waals surface area contributed by atoms with Gasteiger partial charge in [0, 0.05) is 24.8 Å². The number of rotatable bonds is 15. The third-order valence-corrected chi connectivity index (χ3v) is 5.37. The molecule has 0 aromatic heterocycles. The number of hydrogen-bond donors (Lipinski definition) is 4. The molecule has 0 saturated heterocycles. The smallest absolute Gasteiger partial charge is 0.121 e. The maximum absolute atomic E-state index is 10.5. The molecule has 4 N–H and O–H groups in total. The average molecular weight is 416 g/mol. The molecule has 2 unspecified atom stereocenters. The number of aliphatic hydroxyl groups is 2. The van der Waals surface area contributed by atoms with E-state index in [2.05, 4.69) is 29.6 Å². The number of ether oxygens (including phenoxy) is 1. The van der Waals surface area contributed by atoms with Gasteiger partial charge in [-0.1, -0.05) is 49.2 Å². The van der Waals surface area contributed by atoms with Crippen LogP contribution >= 0.6 is 0 Å². The Morgan fingerprint density at radius 1 is 0.933 bits per heavy atom. The van der Waals surface area contributed by atoms with Gasteiger partial charge in [-0.15, -0.1) is 0 Å². The van der Waals surface area contributed by atoms with Crippen molar-refractivity contribution in [3.63, 3.8) is 0 Å². The normalized spacial score (nSPS) is 13.3. The van der Waals surface area contributed by atoms with Gasteiger partial charge in [0.2, 0.25) is 0 Å². The molecule has 0 spiro atoms. The molecule has 30 heavy (non-hydrogen) atoms. The summed E-state index contributed by atoms with van der Waals surface area (Å²) in [6.07, 6.45) is 5.88. The third-order valence-electron chi connectivity index (χ3n) is 5.37. The van der Waals surface area contributed by atoms with Crippen molar-refractivity contribution in [2.75, 3.05) is 19.8 Å². The second kappa shape index (κ2) is 14.1. The highest BCUT2D eigenvalue weighted by Gasteiger charge is 2.17. The van der Waals surface area contributed by atoms with Gasteiger partial charge in [-0.05, 0) is 62.4 Å². The Labute approximate surface area is 180 Å². The molecule has 0 aliphatic carbocycles. The van der Waals surface area contributed by atoms with Gasteiger partial charge >= 0.3 is 0 Å². The first kappa shape index (κ1) is 24.4. The lowest BCUT2D eigenvalue weighted by Gasteiger charge is -2.21. The monoisotopic (exact) mass is 415 g/mol. The Balaban J connectivity index is 1.47. The van der Waals surface area contributed by atoms with Crippen LogP contribution in [0.15, 0.2) is 48.5 Å². The molecule has 2 atom stereocenters. The molecule has 0 aliphatic rings. The quantitative estimate of drug-likeness (QED) is 0.329. The van der Waals surface area contributed by atoms with Crippen molar-refractivity contribution in [3.8, 4) is 5.75 Å². The largest absolute Gasteiger partial charge is 0.508 e. The Morgan fingerprint density at radius 3 is 2.43 bits per heavy atom. The standard InChI is InChI=1S/C25H37NO4/c1-20(25(29)22-13-14-24(28)23(18-22)19-27)26-15-7-2-3-8-16-30-17-9-12-21-10-5-4-6-11-21/h4-6,10-11,13-14,18,20,25-29H,2-3,7-9,12,15-17,19H2,1H3. The molecule has 0 aliphatic heterocycles. The van der Waals surface area contributed by atoms with Crippen LogP contribution in [0.25, 0.3) is 0 Å². The molecular formula is C25H37NO4. The topological polar surface area (TPSA) is 82.0 Å². The van der Waals surface area contributed by atoms with Gasteiger partial charge in [0.15, 0.2) is 0 Å². The van der Waals surface area contributed by atoms with Crippen molar-refractivity contribution in [2.45, 2.75) is 64.2 Å². The summed E-state index contributed by atoms with van der Waals surface area (Å²) in [7, 11) is 0. The number of nitrogens with one attached hydrogen (secondary N) is 1. The van der Waals surface area contributed by atoms with Crippen molar-refractivity contribution < 1.29 is 20.1 Å². The van der Waals surface area contributed by atoms with Crippen LogP contribution < -0.4 is 5.32 Å². The molecule has 0 radical (unpaired) electrons. The fourth-order valence-corrected chi connectivity index (χ4v) is 3.45. The highest BCUT2D eigenvalue weighted by Crippen LogP contribution is 2.24. The van der Waals surface area contributed by atoms with Crippen LogP contribution in [-0.2, 0) is 17.8 Å². The van der Waals surface area contributed by atoms with Crippen LogP contribution in [0.2, 0.25) is 0 Å². The Bertz CT molecular complexity index is 708. The predicted molar refractivity (Wildman–Crippen MR) is 121 cm³/mol.